The van der Waals surface area contributed by atoms with E-state index in [-0.39, 0.29) is 17.8 Å². The van der Waals surface area contributed by atoms with Gasteiger partial charge in [0.25, 0.3) is 11.8 Å². The zero-order valence-electron chi connectivity index (χ0n) is 15.6. The monoisotopic (exact) mass is 371 g/mol. The summed E-state index contributed by atoms with van der Waals surface area (Å²) in [6, 6.07) is 7.48. The number of nitrogens with zero attached hydrogens (tertiary/aromatic N) is 1. The smallest absolute Gasteiger partial charge is 0.330 e. The lowest BCUT2D eigenvalue weighted by molar-refractivity contribution is -0.138. The molecule has 2 rings (SSSR count). The number of hydrogen-bond acceptors (Lipinski definition) is 5. The molecule has 2 amide bonds. The minimum absolute atomic E-state index is 0.219. The van der Waals surface area contributed by atoms with Crippen molar-refractivity contribution < 1.29 is 23.9 Å². The number of hydrogen-bond donors (Lipinski definition) is 0. The van der Waals surface area contributed by atoms with Gasteiger partial charge in [0.1, 0.15) is 5.75 Å². The third-order valence-electron chi connectivity index (χ3n) is 4.02. The summed E-state index contributed by atoms with van der Waals surface area (Å²) in [7, 11) is 0. The lowest BCUT2D eigenvalue weighted by Gasteiger charge is -2.13. The van der Waals surface area contributed by atoms with Crippen LogP contribution in [0.2, 0.25) is 0 Å². The first-order valence-corrected chi connectivity index (χ1v) is 9.21. The molecule has 1 heterocycles. The van der Waals surface area contributed by atoms with Gasteiger partial charge in [-0.2, -0.15) is 0 Å². The second-order valence-corrected chi connectivity index (χ2v) is 6.08. The molecule has 6 nitrogen and oxygen atoms in total. The summed E-state index contributed by atoms with van der Waals surface area (Å²) in [5.74, 6) is -0.0112. The number of esters is 1. The van der Waals surface area contributed by atoms with Crippen LogP contribution in [0.15, 0.2) is 42.5 Å². The molecule has 144 valence electrons. The average molecular weight is 371 g/mol. The molecular weight excluding hydrogens is 346 g/mol. The number of carbonyl (C=O) groups excluding carboxylic acids is 3. The fourth-order valence-electron chi connectivity index (χ4n) is 2.60. The highest BCUT2D eigenvalue weighted by Crippen LogP contribution is 2.14. The molecule has 1 aliphatic heterocycles. The lowest BCUT2D eigenvalue weighted by Crippen LogP contribution is -2.30. The molecule has 6 heteroatoms. The molecule has 0 spiro atoms. The SMILES string of the molecule is CCOC(=O)/C=C\c1ccc(OCCCCCCN2C(=O)C=CC2=O)cc1. The van der Waals surface area contributed by atoms with E-state index in [9.17, 15) is 14.4 Å². The van der Waals surface area contributed by atoms with Crippen LogP contribution in [0.3, 0.4) is 0 Å². The minimum Gasteiger partial charge on any atom is -0.494 e. The van der Waals surface area contributed by atoms with E-state index in [2.05, 4.69) is 0 Å². The van der Waals surface area contributed by atoms with Crippen molar-refractivity contribution in [2.75, 3.05) is 19.8 Å². The number of benzene rings is 1. The van der Waals surface area contributed by atoms with E-state index in [1.165, 1.54) is 23.1 Å². The van der Waals surface area contributed by atoms with Crippen LogP contribution in [0.4, 0.5) is 0 Å². The molecule has 0 saturated heterocycles. The van der Waals surface area contributed by atoms with Crippen LogP contribution in [-0.2, 0) is 19.1 Å². The van der Waals surface area contributed by atoms with Gasteiger partial charge >= 0.3 is 5.97 Å². The van der Waals surface area contributed by atoms with Crippen molar-refractivity contribution in [2.24, 2.45) is 0 Å². The highest BCUT2D eigenvalue weighted by molar-refractivity contribution is 6.12. The summed E-state index contributed by atoms with van der Waals surface area (Å²) in [4.78, 5) is 35.4. The Morgan fingerprint density at radius 2 is 1.67 bits per heavy atom. The first kappa shape index (κ1) is 20.4. The van der Waals surface area contributed by atoms with Crippen molar-refractivity contribution in [3.05, 3.63) is 48.1 Å². The van der Waals surface area contributed by atoms with Crippen LogP contribution < -0.4 is 4.74 Å². The Labute approximate surface area is 159 Å². The lowest BCUT2D eigenvalue weighted by atomic mass is 10.2. The summed E-state index contributed by atoms with van der Waals surface area (Å²) in [6.07, 6.45) is 9.36. The molecule has 0 N–H and O–H groups in total. The summed E-state index contributed by atoms with van der Waals surface area (Å²) >= 11 is 0. The molecule has 0 saturated carbocycles. The average Bonchev–Trinajstić information content (AvgIpc) is 2.98. The van der Waals surface area contributed by atoms with Crippen LogP contribution in [-0.4, -0.2) is 42.4 Å². The summed E-state index contributed by atoms with van der Waals surface area (Å²) < 4.78 is 10.5. The molecule has 0 aliphatic carbocycles. The molecule has 1 aliphatic rings. The van der Waals surface area contributed by atoms with E-state index < -0.39 is 0 Å². The van der Waals surface area contributed by atoms with Gasteiger partial charge in [-0.25, -0.2) is 4.79 Å². The zero-order valence-corrected chi connectivity index (χ0v) is 15.6. The number of rotatable bonds is 11. The fourth-order valence-corrected chi connectivity index (χ4v) is 2.60. The molecule has 1 aromatic carbocycles. The van der Waals surface area contributed by atoms with E-state index in [0.29, 0.717) is 19.8 Å². The predicted molar refractivity (Wildman–Crippen MR) is 102 cm³/mol. The third kappa shape index (κ3) is 7.09. The number of carbonyl (C=O) groups is 3. The summed E-state index contributed by atoms with van der Waals surface area (Å²) in [5, 5.41) is 0. The van der Waals surface area contributed by atoms with Gasteiger partial charge in [-0.3, -0.25) is 14.5 Å². The van der Waals surface area contributed by atoms with Crippen molar-refractivity contribution in [2.45, 2.75) is 32.6 Å². The van der Waals surface area contributed by atoms with Crippen LogP contribution in [0.25, 0.3) is 6.08 Å². The van der Waals surface area contributed by atoms with E-state index in [0.717, 1.165) is 37.0 Å². The van der Waals surface area contributed by atoms with Crippen molar-refractivity contribution in [1.82, 2.24) is 4.90 Å². The van der Waals surface area contributed by atoms with Crippen LogP contribution in [0, 0.1) is 0 Å². The highest BCUT2D eigenvalue weighted by atomic mass is 16.5. The Morgan fingerprint density at radius 1 is 1.00 bits per heavy atom. The van der Waals surface area contributed by atoms with Gasteiger partial charge in [0, 0.05) is 24.8 Å². The maximum Gasteiger partial charge on any atom is 0.330 e. The van der Waals surface area contributed by atoms with Gasteiger partial charge in [0.2, 0.25) is 0 Å². The maximum atomic E-state index is 11.4. The molecule has 0 aromatic heterocycles. The minimum atomic E-state index is -0.354. The number of amides is 2. The van der Waals surface area contributed by atoms with Crippen molar-refractivity contribution in [1.29, 1.82) is 0 Å². The molecular formula is C21H25NO5. The third-order valence-corrected chi connectivity index (χ3v) is 4.02. The van der Waals surface area contributed by atoms with E-state index in [1.54, 1.807) is 13.0 Å². The Balaban J connectivity index is 1.57. The molecule has 0 radical (unpaired) electrons. The molecule has 0 bridgehead atoms. The number of unbranched alkanes of at least 4 members (excludes halogenated alkanes) is 3. The predicted octanol–water partition coefficient (Wildman–Crippen LogP) is 3.13. The Morgan fingerprint density at radius 3 is 2.33 bits per heavy atom. The zero-order chi connectivity index (χ0) is 19.5. The van der Waals surface area contributed by atoms with Crippen molar-refractivity contribution in [3.8, 4) is 5.75 Å². The topological polar surface area (TPSA) is 72.9 Å². The second-order valence-electron chi connectivity index (χ2n) is 6.08. The van der Waals surface area contributed by atoms with Crippen molar-refractivity contribution >= 4 is 23.9 Å². The normalized spacial score (nSPS) is 13.6. The Hall–Kier alpha value is -2.89. The maximum absolute atomic E-state index is 11.4. The second kappa shape index (κ2) is 11.0. The molecule has 0 fully saturated rings. The van der Waals surface area contributed by atoms with Crippen molar-refractivity contribution in [3.63, 3.8) is 0 Å². The number of ether oxygens (including phenoxy) is 2. The summed E-state index contributed by atoms with van der Waals surface area (Å²) in [6.45, 7) is 3.22. The fraction of sp³-hybridized carbons (Fsp3) is 0.381. The van der Waals surface area contributed by atoms with Crippen LogP contribution in [0.1, 0.15) is 38.2 Å². The van der Waals surface area contributed by atoms with Crippen LogP contribution >= 0.6 is 0 Å². The first-order valence-electron chi connectivity index (χ1n) is 9.21. The largest absolute Gasteiger partial charge is 0.494 e. The Kier molecular flexibility index (Phi) is 8.29. The highest BCUT2D eigenvalue weighted by Gasteiger charge is 2.21. The molecule has 1 aromatic rings. The quantitative estimate of drug-likeness (QED) is 0.259. The van der Waals surface area contributed by atoms with E-state index in [4.69, 9.17) is 9.47 Å². The first-order chi connectivity index (χ1) is 13.1. The van der Waals surface area contributed by atoms with Crippen LogP contribution in [0.5, 0.6) is 5.75 Å². The van der Waals surface area contributed by atoms with Gasteiger partial charge in [-0.15, -0.1) is 0 Å². The van der Waals surface area contributed by atoms with Gasteiger partial charge in [-0.05, 0) is 43.5 Å². The number of imide groups is 1. The molecule has 0 unspecified atom stereocenters. The van der Waals surface area contributed by atoms with Gasteiger partial charge in [0.05, 0.1) is 13.2 Å². The van der Waals surface area contributed by atoms with E-state index >= 15 is 0 Å². The Bertz CT molecular complexity index is 688. The van der Waals surface area contributed by atoms with Gasteiger partial charge in [-0.1, -0.05) is 25.0 Å². The standard InChI is InChI=1S/C21H25NO5/c1-2-26-21(25)14-9-17-7-10-18(11-8-17)27-16-6-4-3-5-15-22-19(23)12-13-20(22)24/h7-14H,2-6,15-16H2,1H3/b14-9-. The molecule has 27 heavy (non-hydrogen) atoms. The van der Waals surface area contributed by atoms with Gasteiger partial charge < -0.3 is 9.47 Å². The van der Waals surface area contributed by atoms with E-state index in [1.807, 2.05) is 24.3 Å². The summed E-state index contributed by atoms with van der Waals surface area (Å²) in [5.41, 5.74) is 0.899. The van der Waals surface area contributed by atoms with Gasteiger partial charge in [0.15, 0.2) is 0 Å². The molecule has 0 atom stereocenters.